The Labute approximate surface area is 155 Å². The average molecular weight is 372 g/mol. The van der Waals surface area contributed by atoms with Gasteiger partial charge in [-0.3, -0.25) is 4.79 Å². The predicted molar refractivity (Wildman–Crippen MR) is 101 cm³/mol. The Morgan fingerprint density at radius 3 is 2.54 bits per heavy atom. The van der Waals surface area contributed by atoms with Gasteiger partial charge < -0.3 is 15.8 Å². The zero-order valence-electron chi connectivity index (χ0n) is 14.1. The molecule has 8 heteroatoms. The highest BCUT2D eigenvalue weighted by atomic mass is 35.5. The Morgan fingerprint density at radius 1 is 1.19 bits per heavy atom. The summed E-state index contributed by atoms with van der Waals surface area (Å²) in [7, 11) is 0. The number of benzene rings is 2. The van der Waals surface area contributed by atoms with Crippen molar-refractivity contribution in [1.82, 2.24) is 15.0 Å². The van der Waals surface area contributed by atoms with E-state index < -0.39 is 5.91 Å². The second kappa shape index (κ2) is 7.88. The molecule has 134 valence electrons. The minimum Gasteiger partial charge on any atom is -0.494 e. The Hall–Kier alpha value is -3.06. The number of carbonyl (C=O) groups excluding carboxylic acids is 1. The van der Waals surface area contributed by atoms with Gasteiger partial charge in [0.1, 0.15) is 5.75 Å². The summed E-state index contributed by atoms with van der Waals surface area (Å²) in [4.78, 5) is 12.3. The summed E-state index contributed by atoms with van der Waals surface area (Å²) in [6, 6.07) is 14.3. The summed E-state index contributed by atoms with van der Waals surface area (Å²) in [6.45, 7) is 2.95. The minimum atomic E-state index is -0.428. The number of ether oxygens (including phenoxy) is 1. The molecule has 0 bridgehead atoms. The SMILES string of the molecule is CCOc1ccc(Cn2nnc(C(=O)Nc3ccc(Cl)cc3)c2N)cc1. The van der Waals surface area contributed by atoms with E-state index in [0.717, 1.165) is 11.3 Å². The molecule has 0 fully saturated rings. The molecule has 0 aliphatic carbocycles. The van der Waals surface area contributed by atoms with Crippen LogP contribution in [-0.4, -0.2) is 27.5 Å². The van der Waals surface area contributed by atoms with Crippen molar-refractivity contribution in [1.29, 1.82) is 0 Å². The van der Waals surface area contributed by atoms with Crippen molar-refractivity contribution in [3.8, 4) is 5.75 Å². The molecular formula is C18H18ClN5O2. The Bertz CT molecular complexity index is 891. The standard InChI is InChI=1S/C18H18ClN5O2/c1-2-26-15-9-3-12(4-10-15)11-24-17(20)16(22-23-24)18(25)21-14-7-5-13(19)6-8-14/h3-10H,2,11,20H2,1H3,(H,21,25). The number of nitrogens with one attached hydrogen (secondary N) is 1. The number of nitrogens with zero attached hydrogens (tertiary/aromatic N) is 3. The number of nitrogen functional groups attached to an aromatic ring is 1. The van der Waals surface area contributed by atoms with E-state index in [1.54, 1.807) is 24.3 Å². The fraction of sp³-hybridized carbons (Fsp3) is 0.167. The number of hydrogen-bond acceptors (Lipinski definition) is 5. The molecule has 1 amide bonds. The first-order valence-corrected chi connectivity index (χ1v) is 8.42. The van der Waals surface area contributed by atoms with Crippen molar-refractivity contribution >= 4 is 29.0 Å². The van der Waals surface area contributed by atoms with Crippen LogP contribution < -0.4 is 15.8 Å². The van der Waals surface area contributed by atoms with Crippen LogP contribution in [0.15, 0.2) is 48.5 Å². The van der Waals surface area contributed by atoms with E-state index in [-0.39, 0.29) is 11.5 Å². The second-order valence-corrected chi connectivity index (χ2v) is 5.96. The molecule has 0 saturated heterocycles. The lowest BCUT2D eigenvalue weighted by molar-refractivity contribution is 0.102. The molecule has 3 N–H and O–H groups in total. The molecule has 0 atom stereocenters. The number of halogens is 1. The van der Waals surface area contributed by atoms with Gasteiger partial charge in [-0.15, -0.1) is 5.10 Å². The number of aromatic nitrogens is 3. The molecule has 0 spiro atoms. The average Bonchev–Trinajstić information content (AvgIpc) is 2.99. The summed E-state index contributed by atoms with van der Waals surface area (Å²) < 4.78 is 6.89. The van der Waals surface area contributed by atoms with Crippen LogP contribution in [-0.2, 0) is 6.54 Å². The van der Waals surface area contributed by atoms with E-state index >= 15 is 0 Å². The lowest BCUT2D eigenvalue weighted by Crippen LogP contribution is -2.15. The van der Waals surface area contributed by atoms with E-state index in [9.17, 15) is 4.79 Å². The summed E-state index contributed by atoms with van der Waals surface area (Å²) in [5.74, 6) is 0.568. The Morgan fingerprint density at radius 2 is 1.88 bits per heavy atom. The zero-order valence-corrected chi connectivity index (χ0v) is 14.9. The van der Waals surface area contributed by atoms with Gasteiger partial charge in [-0.25, -0.2) is 4.68 Å². The van der Waals surface area contributed by atoms with Crippen LogP contribution in [0.5, 0.6) is 5.75 Å². The molecule has 7 nitrogen and oxygen atoms in total. The lowest BCUT2D eigenvalue weighted by atomic mass is 10.2. The molecule has 0 unspecified atom stereocenters. The van der Waals surface area contributed by atoms with E-state index in [2.05, 4.69) is 15.6 Å². The molecule has 0 saturated carbocycles. The largest absolute Gasteiger partial charge is 0.494 e. The van der Waals surface area contributed by atoms with Crippen molar-refractivity contribution in [2.45, 2.75) is 13.5 Å². The van der Waals surface area contributed by atoms with Gasteiger partial charge in [-0.05, 0) is 48.9 Å². The van der Waals surface area contributed by atoms with Gasteiger partial charge in [0.05, 0.1) is 13.2 Å². The fourth-order valence-electron chi connectivity index (χ4n) is 2.35. The number of hydrogen-bond donors (Lipinski definition) is 2. The number of amides is 1. The van der Waals surface area contributed by atoms with Crippen LogP contribution in [0.2, 0.25) is 5.02 Å². The minimum absolute atomic E-state index is 0.0749. The van der Waals surface area contributed by atoms with Crippen LogP contribution in [0.3, 0.4) is 0 Å². The second-order valence-electron chi connectivity index (χ2n) is 5.52. The summed E-state index contributed by atoms with van der Waals surface area (Å²) >= 11 is 5.83. The molecular weight excluding hydrogens is 354 g/mol. The molecule has 3 rings (SSSR count). The third-order valence-corrected chi connectivity index (χ3v) is 3.91. The molecule has 0 aliphatic heterocycles. The number of carbonyl (C=O) groups is 1. The first kappa shape index (κ1) is 17.8. The highest BCUT2D eigenvalue weighted by molar-refractivity contribution is 6.30. The topological polar surface area (TPSA) is 95.1 Å². The van der Waals surface area contributed by atoms with Gasteiger partial charge in [0.2, 0.25) is 0 Å². The van der Waals surface area contributed by atoms with E-state index in [4.69, 9.17) is 22.1 Å². The van der Waals surface area contributed by atoms with Gasteiger partial charge in [0, 0.05) is 10.7 Å². The van der Waals surface area contributed by atoms with Gasteiger partial charge in [0.15, 0.2) is 11.5 Å². The Balaban J connectivity index is 1.70. The van der Waals surface area contributed by atoms with Crippen LogP contribution >= 0.6 is 11.6 Å². The maximum Gasteiger partial charge on any atom is 0.280 e. The Kier molecular flexibility index (Phi) is 5.38. The van der Waals surface area contributed by atoms with Crippen molar-refractivity contribution in [2.75, 3.05) is 17.7 Å². The van der Waals surface area contributed by atoms with Crippen LogP contribution in [0.25, 0.3) is 0 Å². The quantitative estimate of drug-likeness (QED) is 0.693. The fourth-order valence-corrected chi connectivity index (χ4v) is 2.48. The maximum atomic E-state index is 12.3. The number of anilines is 2. The van der Waals surface area contributed by atoms with Crippen LogP contribution in [0.4, 0.5) is 11.5 Å². The zero-order chi connectivity index (χ0) is 18.5. The molecule has 1 heterocycles. The first-order chi connectivity index (χ1) is 12.6. The molecule has 26 heavy (non-hydrogen) atoms. The molecule has 3 aromatic rings. The van der Waals surface area contributed by atoms with Gasteiger partial charge >= 0.3 is 0 Å². The summed E-state index contributed by atoms with van der Waals surface area (Å²) in [5, 5.41) is 11.2. The molecule has 0 aliphatic rings. The van der Waals surface area contributed by atoms with Crippen LogP contribution in [0.1, 0.15) is 23.0 Å². The molecule has 1 aromatic heterocycles. The van der Waals surface area contributed by atoms with Crippen molar-refractivity contribution in [2.24, 2.45) is 0 Å². The van der Waals surface area contributed by atoms with Crippen molar-refractivity contribution in [3.63, 3.8) is 0 Å². The van der Waals surface area contributed by atoms with E-state index in [0.29, 0.717) is 23.9 Å². The number of rotatable bonds is 6. The van der Waals surface area contributed by atoms with Crippen LogP contribution in [0, 0.1) is 0 Å². The molecule has 0 radical (unpaired) electrons. The third kappa shape index (κ3) is 4.12. The first-order valence-electron chi connectivity index (χ1n) is 8.04. The van der Waals surface area contributed by atoms with Gasteiger partial charge in [0.25, 0.3) is 5.91 Å². The summed E-state index contributed by atoms with van der Waals surface area (Å²) in [6.07, 6.45) is 0. The van der Waals surface area contributed by atoms with Crippen molar-refractivity contribution < 1.29 is 9.53 Å². The van der Waals surface area contributed by atoms with E-state index in [1.165, 1.54) is 4.68 Å². The normalized spacial score (nSPS) is 10.5. The summed E-state index contributed by atoms with van der Waals surface area (Å²) in [5.41, 5.74) is 7.68. The lowest BCUT2D eigenvalue weighted by Gasteiger charge is -2.07. The maximum absolute atomic E-state index is 12.3. The van der Waals surface area contributed by atoms with Gasteiger partial charge in [-0.2, -0.15) is 0 Å². The van der Waals surface area contributed by atoms with E-state index in [1.807, 2.05) is 31.2 Å². The highest BCUT2D eigenvalue weighted by Gasteiger charge is 2.17. The monoisotopic (exact) mass is 371 g/mol. The number of nitrogens with two attached hydrogens (primary N) is 1. The van der Waals surface area contributed by atoms with Crippen molar-refractivity contribution in [3.05, 3.63) is 64.8 Å². The predicted octanol–water partition coefficient (Wildman–Crippen LogP) is 3.21. The van der Waals surface area contributed by atoms with Gasteiger partial charge in [-0.1, -0.05) is 28.9 Å². The molecule has 2 aromatic carbocycles. The third-order valence-electron chi connectivity index (χ3n) is 3.66. The smallest absolute Gasteiger partial charge is 0.280 e. The highest BCUT2D eigenvalue weighted by Crippen LogP contribution is 2.17.